The number of anilines is 2. The Bertz CT molecular complexity index is 1130. The van der Waals surface area contributed by atoms with Crippen molar-refractivity contribution in [3.8, 4) is 11.3 Å². The lowest BCUT2D eigenvalue weighted by atomic mass is 10.00. The molecule has 9 heteroatoms. The summed E-state index contributed by atoms with van der Waals surface area (Å²) in [7, 11) is 0. The molecule has 3 heterocycles. The SMILES string of the molecule is Nc1ccc(-c2c(F)cccc2F)nc1C(=O)Cc1cnccc1N1C[C@@H](N)C[C@@H](O)C1. The van der Waals surface area contributed by atoms with Gasteiger partial charge in [0.15, 0.2) is 5.78 Å². The molecule has 1 saturated heterocycles. The van der Waals surface area contributed by atoms with Gasteiger partial charge in [0.25, 0.3) is 0 Å². The van der Waals surface area contributed by atoms with Gasteiger partial charge in [-0.2, -0.15) is 0 Å². The molecule has 2 atom stereocenters. The van der Waals surface area contributed by atoms with E-state index < -0.39 is 23.5 Å². The fraction of sp³-hybridized carbons (Fsp3) is 0.261. The highest BCUT2D eigenvalue weighted by Gasteiger charge is 2.26. The van der Waals surface area contributed by atoms with E-state index in [4.69, 9.17) is 11.5 Å². The summed E-state index contributed by atoms with van der Waals surface area (Å²) < 4.78 is 28.4. The van der Waals surface area contributed by atoms with Gasteiger partial charge in [0.1, 0.15) is 17.3 Å². The minimum absolute atomic E-state index is 0.0188. The number of hydrogen-bond acceptors (Lipinski definition) is 7. The maximum absolute atomic E-state index is 14.2. The Morgan fingerprint density at radius 2 is 1.91 bits per heavy atom. The van der Waals surface area contributed by atoms with Gasteiger partial charge in [-0.25, -0.2) is 13.8 Å². The molecule has 0 radical (unpaired) electrons. The molecule has 7 nitrogen and oxygen atoms in total. The second-order valence-electron chi connectivity index (χ2n) is 7.89. The third-order valence-electron chi connectivity index (χ3n) is 5.44. The van der Waals surface area contributed by atoms with Crippen molar-refractivity contribution in [2.45, 2.75) is 25.0 Å². The van der Waals surface area contributed by atoms with Crippen LogP contribution in [-0.4, -0.2) is 46.1 Å². The van der Waals surface area contributed by atoms with Crippen LogP contribution >= 0.6 is 0 Å². The number of β-amino-alcohol motifs (C(OH)–C–C–N with tert-alkyl or cyclic N) is 1. The summed E-state index contributed by atoms with van der Waals surface area (Å²) in [6.45, 7) is 0.923. The zero-order chi connectivity index (χ0) is 22.8. The maximum atomic E-state index is 14.2. The average Bonchev–Trinajstić information content (AvgIpc) is 2.74. The Hall–Kier alpha value is -3.43. The topological polar surface area (TPSA) is 118 Å². The van der Waals surface area contributed by atoms with Crippen molar-refractivity contribution in [3.05, 3.63) is 71.7 Å². The van der Waals surface area contributed by atoms with E-state index in [2.05, 4.69) is 9.97 Å². The van der Waals surface area contributed by atoms with Gasteiger partial charge in [0.05, 0.1) is 23.0 Å². The lowest BCUT2D eigenvalue weighted by molar-refractivity contribution is 0.0989. The van der Waals surface area contributed by atoms with Crippen LogP contribution in [0.2, 0.25) is 0 Å². The third kappa shape index (κ3) is 4.44. The number of aromatic nitrogens is 2. The molecule has 0 spiro atoms. The van der Waals surface area contributed by atoms with Crippen LogP contribution in [0.1, 0.15) is 22.5 Å². The van der Waals surface area contributed by atoms with Gasteiger partial charge in [-0.1, -0.05) is 6.07 Å². The fourth-order valence-corrected chi connectivity index (χ4v) is 4.00. The predicted octanol–water partition coefficient (Wildman–Crippen LogP) is 2.33. The number of nitrogens with two attached hydrogens (primary N) is 2. The van der Waals surface area contributed by atoms with E-state index in [-0.39, 0.29) is 35.1 Å². The second-order valence-corrected chi connectivity index (χ2v) is 7.89. The molecule has 1 aliphatic rings. The Labute approximate surface area is 183 Å². The van der Waals surface area contributed by atoms with Gasteiger partial charge >= 0.3 is 0 Å². The van der Waals surface area contributed by atoms with Crippen molar-refractivity contribution < 1.29 is 18.7 Å². The van der Waals surface area contributed by atoms with E-state index in [0.29, 0.717) is 25.1 Å². The standard InChI is InChI=1S/C23H23F2N5O2/c24-16-2-1-3-17(25)22(16)19-5-4-18(27)23(29-19)21(32)8-13-10-28-7-6-20(13)30-11-14(26)9-15(31)12-30/h1-7,10,14-15,31H,8-9,11-12,26-27H2/t14-,15+/m0/s1. The molecule has 0 bridgehead atoms. The summed E-state index contributed by atoms with van der Waals surface area (Å²) >= 11 is 0. The molecule has 2 aromatic heterocycles. The third-order valence-corrected chi connectivity index (χ3v) is 5.44. The molecule has 0 unspecified atom stereocenters. The zero-order valence-electron chi connectivity index (χ0n) is 17.2. The Kier molecular flexibility index (Phi) is 6.11. The summed E-state index contributed by atoms with van der Waals surface area (Å²) in [6.07, 6.45) is 3.03. The van der Waals surface area contributed by atoms with E-state index in [1.165, 1.54) is 18.2 Å². The first kappa shape index (κ1) is 21.8. The molecule has 166 valence electrons. The van der Waals surface area contributed by atoms with E-state index in [1.54, 1.807) is 18.5 Å². The lowest BCUT2D eigenvalue weighted by Gasteiger charge is -2.36. The number of nitrogen functional groups attached to an aromatic ring is 1. The van der Waals surface area contributed by atoms with Crippen molar-refractivity contribution in [2.75, 3.05) is 23.7 Å². The number of Topliss-reactive ketones (excluding diaryl/α,β-unsaturated/α-hetero) is 1. The minimum Gasteiger partial charge on any atom is -0.397 e. The highest BCUT2D eigenvalue weighted by atomic mass is 19.1. The molecule has 1 fully saturated rings. The quantitative estimate of drug-likeness (QED) is 0.522. The number of carbonyl (C=O) groups excluding carboxylic acids is 1. The number of carbonyl (C=O) groups is 1. The molecule has 3 aromatic rings. The smallest absolute Gasteiger partial charge is 0.187 e. The van der Waals surface area contributed by atoms with Gasteiger partial charge in [-0.15, -0.1) is 0 Å². The van der Waals surface area contributed by atoms with Crippen LogP contribution in [0.15, 0.2) is 48.8 Å². The summed E-state index contributed by atoms with van der Waals surface area (Å²) in [5.74, 6) is -1.98. The van der Waals surface area contributed by atoms with Crippen LogP contribution in [0.5, 0.6) is 0 Å². The summed E-state index contributed by atoms with van der Waals surface area (Å²) in [5.41, 5.74) is 13.1. The highest BCUT2D eigenvalue weighted by Crippen LogP contribution is 2.28. The van der Waals surface area contributed by atoms with Crippen molar-refractivity contribution in [3.63, 3.8) is 0 Å². The largest absolute Gasteiger partial charge is 0.397 e. The van der Waals surface area contributed by atoms with Crippen LogP contribution in [0.3, 0.4) is 0 Å². The van der Waals surface area contributed by atoms with Crippen molar-refractivity contribution in [1.82, 2.24) is 9.97 Å². The number of pyridine rings is 2. The van der Waals surface area contributed by atoms with Crippen LogP contribution in [0.4, 0.5) is 20.2 Å². The van der Waals surface area contributed by atoms with Crippen molar-refractivity contribution in [1.29, 1.82) is 0 Å². The van der Waals surface area contributed by atoms with E-state index in [1.807, 2.05) is 4.90 Å². The summed E-state index contributed by atoms with van der Waals surface area (Å²) in [5, 5.41) is 10.1. The molecular weight excluding hydrogens is 416 g/mol. The molecule has 1 aromatic carbocycles. The number of benzene rings is 1. The first-order chi connectivity index (χ1) is 15.3. The molecule has 0 aliphatic carbocycles. The van der Waals surface area contributed by atoms with Crippen LogP contribution in [0, 0.1) is 11.6 Å². The number of piperidine rings is 1. The van der Waals surface area contributed by atoms with Gasteiger partial charge in [-0.05, 0) is 36.8 Å². The Morgan fingerprint density at radius 3 is 2.62 bits per heavy atom. The number of aliphatic hydroxyl groups is 1. The summed E-state index contributed by atoms with van der Waals surface area (Å²) in [6, 6.07) is 7.85. The first-order valence-electron chi connectivity index (χ1n) is 10.2. The number of aliphatic hydroxyl groups excluding tert-OH is 1. The van der Waals surface area contributed by atoms with E-state index >= 15 is 0 Å². The number of rotatable bonds is 5. The monoisotopic (exact) mass is 439 g/mol. The molecule has 0 saturated carbocycles. The van der Waals surface area contributed by atoms with Crippen molar-refractivity contribution in [2.24, 2.45) is 5.73 Å². The number of ketones is 1. The zero-order valence-corrected chi connectivity index (χ0v) is 17.2. The number of nitrogens with zero attached hydrogens (tertiary/aromatic N) is 3. The normalized spacial score (nSPS) is 18.6. The summed E-state index contributed by atoms with van der Waals surface area (Å²) in [4.78, 5) is 23.3. The maximum Gasteiger partial charge on any atom is 0.187 e. The lowest BCUT2D eigenvalue weighted by Crippen LogP contribution is -2.49. The van der Waals surface area contributed by atoms with E-state index in [9.17, 15) is 18.7 Å². The molecule has 32 heavy (non-hydrogen) atoms. The Morgan fingerprint density at radius 1 is 1.16 bits per heavy atom. The van der Waals surface area contributed by atoms with Gasteiger partial charge in [-0.3, -0.25) is 9.78 Å². The molecule has 0 amide bonds. The molecule has 4 rings (SSSR count). The minimum atomic E-state index is -0.782. The average molecular weight is 439 g/mol. The highest BCUT2D eigenvalue weighted by molar-refractivity contribution is 6.01. The van der Waals surface area contributed by atoms with Gasteiger partial charge in [0, 0.05) is 49.2 Å². The molecule has 1 aliphatic heterocycles. The van der Waals surface area contributed by atoms with Crippen LogP contribution in [0.25, 0.3) is 11.3 Å². The van der Waals surface area contributed by atoms with Gasteiger partial charge in [0.2, 0.25) is 0 Å². The number of halogens is 2. The fourth-order valence-electron chi connectivity index (χ4n) is 4.00. The van der Waals surface area contributed by atoms with Crippen LogP contribution in [-0.2, 0) is 6.42 Å². The first-order valence-corrected chi connectivity index (χ1v) is 10.2. The van der Waals surface area contributed by atoms with Crippen molar-refractivity contribution >= 4 is 17.2 Å². The second kappa shape index (κ2) is 8.97. The Balaban J connectivity index is 1.65. The van der Waals surface area contributed by atoms with E-state index in [0.717, 1.165) is 17.8 Å². The molecular formula is C23H23F2N5O2. The number of hydrogen-bond donors (Lipinski definition) is 3. The predicted molar refractivity (Wildman–Crippen MR) is 117 cm³/mol. The van der Waals surface area contributed by atoms with Crippen LogP contribution < -0.4 is 16.4 Å². The van der Waals surface area contributed by atoms with Gasteiger partial charge < -0.3 is 21.5 Å². The molecule has 5 N–H and O–H groups in total.